The van der Waals surface area contributed by atoms with Crippen LogP contribution in [0.25, 0.3) is 0 Å². The van der Waals surface area contributed by atoms with Crippen LogP contribution < -0.4 is 5.32 Å². The number of hydrogen-bond donors (Lipinski definition) is 1. The van der Waals surface area contributed by atoms with Gasteiger partial charge in [0, 0.05) is 18.1 Å². The summed E-state index contributed by atoms with van der Waals surface area (Å²) in [4.78, 5) is 10.6. The van der Waals surface area contributed by atoms with E-state index in [1.807, 2.05) is 0 Å². The van der Waals surface area contributed by atoms with Gasteiger partial charge in [-0.15, -0.1) is 0 Å². The molecule has 1 rings (SSSR count). The molecule has 84 valence electrons. The molecule has 0 aliphatic rings. The summed E-state index contributed by atoms with van der Waals surface area (Å²) in [6.45, 7) is 3.26. The zero-order valence-corrected chi connectivity index (χ0v) is 9.78. The third-order valence-electron chi connectivity index (χ3n) is 1.97. The van der Waals surface area contributed by atoms with E-state index in [0.717, 1.165) is 0 Å². The van der Waals surface area contributed by atoms with Crippen LogP contribution in [0.2, 0.25) is 5.02 Å². The van der Waals surface area contributed by atoms with E-state index in [2.05, 4.69) is 17.2 Å². The fraction of sp³-hybridized carbons (Fsp3) is 0.250. The van der Waals surface area contributed by atoms with Gasteiger partial charge in [-0.1, -0.05) is 23.4 Å². The number of rotatable bonds is 1. The topological polar surface area (TPSA) is 29.1 Å². The van der Waals surface area contributed by atoms with E-state index in [1.54, 1.807) is 6.92 Å². The average Bonchev–Trinajstić information content (AvgIpc) is 2.23. The number of benzene rings is 1. The van der Waals surface area contributed by atoms with Crippen LogP contribution in [0.3, 0.4) is 0 Å². The molecule has 2 nitrogen and oxygen atoms in total. The monoisotopic (exact) mass is 239 g/mol. The molecule has 1 aromatic rings. The summed E-state index contributed by atoms with van der Waals surface area (Å²) in [6, 6.07) is 2.84. The minimum Gasteiger partial charge on any atom is -0.345 e. The molecule has 4 heteroatoms. The first-order chi connectivity index (χ1) is 7.52. The van der Waals surface area contributed by atoms with Crippen LogP contribution in [-0.2, 0) is 4.79 Å². The molecule has 0 spiro atoms. The van der Waals surface area contributed by atoms with Crippen molar-refractivity contribution < 1.29 is 9.18 Å². The zero-order valence-electron chi connectivity index (χ0n) is 9.03. The Bertz CT molecular complexity index is 474. The standard InChI is InChI=1S/C12H11ClFNO/c1-8-11(14)6-5-10(12(8)13)4-3-7-15-9(2)16/h5-6H,7H2,1-2H3,(H,15,16). The van der Waals surface area contributed by atoms with Crippen molar-refractivity contribution in [3.8, 4) is 11.8 Å². The lowest BCUT2D eigenvalue weighted by Gasteiger charge is -2.01. The predicted octanol–water partition coefficient (Wildman–Crippen LogP) is 2.28. The number of amides is 1. The first kappa shape index (κ1) is 12.5. The molecule has 0 bridgehead atoms. The molecular weight excluding hydrogens is 229 g/mol. The fourth-order valence-electron chi connectivity index (χ4n) is 1.07. The quantitative estimate of drug-likeness (QED) is 0.749. The van der Waals surface area contributed by atoms with E-state index >= 15 is 0 Å². The minimum absolute atomic E-state index is 0.143. The van der Waals surface area contributed by atoms with Crippen molar-refractivity contribution in [2.24, 2.45) is 0 Å². The summed E-state index contributed by atoms with van der Waals surface area (Å²) in [5, 5.41) is 2.85. The lowest BCUT2D eigenvalue weighted by molar-refractivity contribution is -0.118. The summed E-state index contributed by atoms with van der Waals surface area (Å²) in [6.07, 6.45) is 0. The van der Waals surface area contributed by atoms with Gasteiger partial charge < -0.3 is 5.32 Å². The average molecular weight is 240 g/mol. The summed E-state index contributed by atoms with van der Waals surface area (Å²) < 4.78 is 13.1. The van der Waals surface area contributed by atoms with Gasteiger partial charge in [-0.2, -0.15) is 0 Å². The van der Waals surface area contributed by atoms with Crippen LogP contribution in [0.5, 0.6) is 0 Å². The summed E-state index contributed by atoms with van der Waals surface area (Å²) >= 11 is 5.91. The molecule has 1 amide bonds. The number of carbonyl (C=O) groups excluding carboxylic acids is 1. The Morgan fingerprint density at radius 2 is 2.25 bits per heavy atom. The highest BCUT2D eigenvalue weighted by molar-refractivity contribution is 6.32. The second kappa shape index (κ2) is 5.53. The Morgan fingerprint density at radius 1 is 1.56 bits per heavy atom. The molecule has 0 saturated heterocycles. The van der Waals surface area contributed by atoms with E-state index < -0.39 is 0 Å². The van der Waals surface area contributed by atoms with Crippen LogP contribution in [0.15, 0.2) is 12.1 Å². The van der Waals surface area contributed by atoms with E-state index in [1.165, 1.54) is 19.1 Å². The van der Waals surface area contributed by atoms with Gasteiger partial charge in [0.05, 0.1) is 11.6 Å². The fourth-order valence-corrected chi connectivity index (χ4v) is 1.27. The minimum atomic E-state index is -0.350. The second-order valence-corrected chi connectivity index (χ2v) is 3.62. The van der Waals surface area contributed by atoms with Crippen LogP contribution >= 0.6 is 11.6 Å². The Morgan fingerprint density at radius 3 is 2.88 bits per heavy atom. The SMILES string of the molecule is CC(=O)NCC#Cc1ccc(F)c(C)c1Cl. The molecule has 0 aliphatic heterocycles. The number of carbonyl (C=O) groups is 1. The van der Waals surface area contributed by atoms with Gasteiger partial charge in [0.15, 0.2) is 0 Å². The molecule has 0 atom stereocenters. The smallest absolute Gasteiger partial charge is 0.217 e. The van der Waals surface area contributed by atoms with Gasteiger partial charge in [0.2, 0.25) is 5.91 Å². The normalized spacial score (nSPS) is 9.25. The third kappa shape index (κ3) is 3.25. The first-order valence-corrected chi connectivity index (χ1v) is 5.08. The zero-order chi connectivity index (χ0) is 12.1. The highest BCUT2D eigenvalue weighted by atomic mass is 35.5. The lowest BCUT2D eigenvalue weighted by Crippen LogP contribution is -2.19. The number of halogens is 2. The van der Waals surface area contributed by atoms with Gasteiger partial charge in [-0.05, 0) is 19.1 Å². The van der Waals surface area contributed by atoms with E-state index in [4.69, 9.17) is 11.6 Å². The molecule has 1 N–H and O–H groups in total. The van der Waals surface area contributed by atoms with Crippen molar-refractivity contribution in [2.75, 3.05) is 6.54 Å². The molecule has 0 unspecified atom stereocenters. The highest BCUT2D eigenvalue weighted by Crippen LogP contribution is 2.22. The largest absolute Gasteiger partial charge is 0.345 e. The van der Waals surface area contributed by atoms with Gasteiger partial charge in [-0.25, -0.2) is 4.39 Å². The Labute approximate surface area is 98.8 Å². The molecule has 0 radical (unpaired) electrons. The lowest BCUT2D eigenvalue weighted by atomic mass is 10.1. The predicted molar refractivity (Wildman–Crippen MR) is 61.7 cm³/mol. The van der Waals surface area contributed by atoms with Crippen molar-refractivity contribution in [3.05, 3.63) is 34.1 Å². The van der Waals surface area contributed by atoms with Crippen molar-refractivity contribution >= 4 is 17.5 Å². The maximum absolute atomic E-state index is 13.1. The van der Waals surface area contributed by atoms with E-state index in [-0.39, 0.29) is 18.3 Å². The van der Waals surface area contributed by atoms with Gasteiger partial charge in [-0.3, -0.25) is 4.79 Å². The molecule has 0 aliphatic carbocycles. The van der Waals surface area contributed by atoms with Gasteiger partial charge in [0.1, 0.15) is 5.82 Å². The Kier molecular flexibility index (Phi) is 4.33. The molecule has 0 aromatic heterocycles. The Hall–Kier alpha value is -1.53. The molecular formula is C12H11ClFNO. The van der Waals surface area contributed by atoms with Crippen molar-refractivity contribution in [1.29, 1.82) is 0 Å². The van der Waals surface area contributed by atoms with Crippen molar-refractivity contribution in [3.63, 3.8) is 0 Å². The second-order valence-electron chi connectivity index (χ2n) is 3.25. The van der Waals surface area contributed by atoms with Crippen molar-refractivity contribution in [2.45, 2.75) is 13.8 Å². The summed E-state index contributed by atoms with van der Waals surface area (Å²) in [7, 11) is 0. The van der Waals surface area contributed by atoms with Crippen LogP contribution in [0, 0.1) is 24.6 Å². The highest BCUT2D eigenvalue weighted by Gasteiger charge is 2.05. The maximum Gasteiger partial charge on any atom is 0.217 e. The molecule has 0 heterocycles. The molecule has 0 fully saturated rings. The maximum atomic E-state index is 13.1. The summed E-state index contributed by atoms with van der Waals surface area (Å²) in [5.74, 6) is 5.01. The number of hydrogen-bond acceptors (Lipinski definition) is 1. The van der Waals surface area contributed by atoms with Crippen LogP contribution in [0.4, 0.5) is 4.39 Å². The van der Waals surface area contributed by atoms with Crippen LogP contribution in [0.1, 0.15) is 18.1 Å². The van der Waals surface area contributed by atoms with E-state index in [0.29, 0.717) is 16.1 Å². The van der Waals surface area contributed by atoms with Gasteiger partial charge in [0.25, 0.3) is 0 Å². The van der Waals surface area contributed by atoms with E-state index in [9.17, 15) is 9.18 Å². The molecule has 0 saturated carbocycles. The molecule has 1 aromatic carbocycles. The van der Waals surface area contributed by atoms with Crippen LogP contribution in [-0.4, -0.2) is 12.5 Å². The molecule has 16 heavy (non-hydrogen) atoms. The first-order valence-electron chi connectivity index (χ1n) is 4.70. The third-order valence-corrected chi connectivity index (χ3v) is 2.46. The summed E-state index contributed by atoms with van der Waals surface area (Å²) in [5.41, 5.74) is 0.943. The van der Waals surface area contributed by atoms with Crippen molar-refractivity contribution in [1.82, 2.24) is 5.32 Å². The van der Waals surface area contributed by atoms with Gasteiger partial charge >= 0.3 is 0 Å². The number of nitrogens with one attached hydrogen (secondary N) is 1. The Balaban J connectivity index is 2.82.